The van der Waals surface area contributed by atoms with Crippen LogP contribution >= 0.6 is 0 Å². The van der Waals surface area contributed by atoms with Crippen molar-refractivity contribution in [2.75, 3.05) is 33.7 Å². The highest BCUT2D eigenvalue weighted by Gasteiger charge is 2.28. The summed E-state index contributed by atoms with van der Waals surface area (Å²) in [6.45, 7) is 6.76. The summed E-state index contributed by atoms with van der Waals surface area (Å²) in [5.74, 6) is 0. The van der Waals surface area contributed by atoms with Crippen molar-refractivity contribution in [3.8, 4) is 0 Å². The molecule has 1 aliphatic rings. The second kappa shape index (κ2) is 6.32. The van der Waals surface area contributed by atoms with Gasteiger partial charge in [-0.2, -0.15) is 0 Å². The molecule has 0 saturated carbocycles. The third-order valence-electron chi connectivity index (χ3n) is 3.91. The van der Waals surface area contributed by atoms with E-state index in [1.165, 1.54) is 5.56 Å². The summed E-state index contributed by atoms with van der Waals surface area (Å²) in [5.41, 5.74) is 1.41. The fraction of sp³-hybridized carbons (Fsp3) is 0.600. The number of likely N-dealkylation sites (N-methyl/N-ethyl adjacent to an activating group) is 2. The highest BCUT2D eigenvalue weighted by atomic mass is 15.3. The normalized spacial score (nSPS) is 26.4. The SMILES string of the molecule is CNCC1CN(Cc2ccccc2)C(C)CN1C. The summed E-state index contributed by atoms with van der Waals surface area (Å²) in [6, 6.07) is 12.0. The average Bonchev–Trinajstić information content (AvgIpc) is 2.37. The Hall–Kier alpha value is -0.900. The van der Waals surface area contributed by atoms with Crippen LogP contribution in [-0.2, 0) is 6.54 Å². The van der Waals surface area contributed by atoms with E-state index in [9.17, 15) is 0 Å². The monoisotopic (exact) mass is 247 g/mol. The molecule has 1 heterocycles. The van der Waals surface area contributed by atoms with Crippen molar-refractivity contribution < 1.29 is 0 Å². The van der Waals surface area contributed by atoms with Crippen LogP contribution in [-0.4, -0.2) is 55.6 Å². The van der Waals surface area contributed by atoms with E-state index in [1.54, 1.807) is 0 Å². The number of piperazine rings is 1. The van der Waals surface area contributed by atoms with Gasteiger partial charge in [-0.3, -0.25) is 9.80 Å². The summed E-state index contributed by atoms with van der Waals surface area (Å²) in [6.07, 6.45) is 0. The molecule has 2 unspecified atom stereocenters. The number of nitrogens with zero attached hydrogens (tertiary/aromatic N) is 2. The van der Waals surface area contributed by atoms with Crippen LogP contribution in [0.2, 0.25) is 0 Å². The van der Waals surface area contributed by atoms with Crippen molar-refractivity contribution >= 4 is 0 Å². The van der Waals surface area contributed by atoms with E-state index in [1.807, 2.05) is 7.05 Å². The molecule has 0 aromatic heterocycles. The standard InChI is InChI=1S/C15H25N3/c1-13-10-17(3)15(9-16-2)12-18(13)11-14-7-5-4-6-8-14/h4-8,13,15-16H,9-12H2,1-3H3. The maximum absolute atomic E-state index is 3.30. The zero-order valence-corrected chi connectivity index (χ0v) is 11.8. The maximum atomic E-state index is 3.30. The predicted molar refractivity (Wildman–Crippen MR) is 76.7 cm³/mol. The summed E-state index contributed by atoms with van der Waals surface area (Å²) < 4.78 is 0. The number of benzene rings is 1. The Morgan fingerprint density at radius 3 is 2.61 bits per heavy atom. The molecule has 0 aliphatic carbocycles. The number of nitrogens with one attached hydrogen (secondary N) is 1. The van der Waals surface area contributed by atoms with Crippen LogP contribution in [0.3, 0.4) is 0 Å². The summed E-state index contributed by atoms with van der Waals surface area (Å²) >= 11 is 0. The molecule has 0 spiro atoms. The molecule has 1 fully saturated rings. The van der Waals surface area contributed by atoms with Crippen molar-refractivity contribution in [3.63, 3.8) is 0 Å². The van der Waals surface area contributed by atoms with Crippen LogP contribution in [0.25, 0.3) is 0 Å². The molecule has 2 rings (SSSR count). The molecule has 0 radical (unpaired) electrons. The van der Waals surface area contributed by atoms with Gasteiger partial charge in [0.05, 0.1) is 0 Å². The van der Waals surface area contributed by atoms with Gasteiger partial charge in [-0.15, -0.1) is 0 Å². The molecule has 1 N–H and O–H groups in total. The summed E-state index contributed by atoms with van der Waals surface area (Å²) in [7, 11) is 4.27. The molecule has 0 bridgehead atoms. The van der Waals surface area contributed by atoms with Crippen molar-refractivity contribution in [3.05, 3.63) is 35.9 Å². The maximum Gasteiger partial charge on any atom is 0.0345 e. The molecular formula is C15H25N3. The van der Waals surface area contributed by atoms with Crippen molar-refractivity contribution in [1.82, 2.24) is 15.1 Å². The lowest BCUT2D eigenvalue weighted by Gasteiger charge is -2.43. The van der Waals surface area contributed by atoms with E-state index in [0.717, 1.165) is 26.2 Å². The van der Waals surface area contributed by atoms with Gasteiger partial charge in [-0.05, 0) is 26.6 Å². The third kappa shape index (κ3) is 3.31. The Labute approximate surface area is 111 Å². The number of rotatable bonds is 4. The van der Waals surface area contributed by atoms with Gasteiger partial charge in [-0.1, -0.05) is 30.3 Å². The van der Waals surface area contributed by atoms with E-state index in [2.05, 4.69) is 59.4 Å². The average molecular weight is 247 g/mol. The molecule has 1 saturated heterocycles. The first-order chi connectivity index (χ1) is 8.70. The summed E-state index contributed by atoms with van der Waals surface area (Å²) in [5, 5.41) is 3.30. The zero-order valence-electron chi connectivity index (χ0n) is 11.8. The van der Waals surface area contributed by atoms with E-state index in [-0.39, 0.29) is 0 Å². The Balaban J connectivity index is 1.99. The molecule has 1 aliphatic heterocycles. The molecule has 1 aromatic rings. The molecule has 0 amide bonds. The minimum absolute atomic E-state index is 0.620. The minimum Gasteiger partial charge on any atom is -0.318 e. The van der Waals surface area contributed by atoms with Crippen LogP contribution in [0.1, 0.15) is 12.5 Å². The molecule has 18 heavy (non-hydrogen) atoms. The fourth-order valence-corrected chi connectivity index (χ4v) is 2.77. The highest BCUT2D eigenvalue weighted by Crippen LogP contribution is 2.16. The van der Waals surface area contributed by atoms with E-state index in [4.69, 9.17) is 0 Å². The zero-order chi connectivity index (χ0) is 13.0. The van der Waals surface area contributed by atoms with Gasteiger partial charge in [0.2, 0.25) is 0 Å². The Morgan fingerprint density at radius 1 is 1.22 bits per heavy atom. The molecule has 3 heteroatoms. The van der Waals surface area contributed by atoms with Crippen molar-refractivity contribution in [1.29, 1.82) is 0 Å². The predicted octanol–water partition coefficient (Wildman–Crippen LogP) is 1.41. The van der Waals surface area contributed by atoms with Gasteiger partial charge in [0, 0.05) is 38.3 Å². The van der Waals surface area contributed by atoms with Gasteiger partial charge in [-0.25, -0.2) is 0 Å². The van der Waals surface area contributed by atoms with Crippen LogP contribution in [0.4, 0.5) is 0 Å². The van der Waals surface area contributed by atoms with E-state index < -0.39 is 0 Å². The Bertz CT molecular complexity index is 352. The number of hydrogen-bond acceptors (Lipinski definition) is 3. The first-order valence-corrected chi connectivity index (χ1v) is 6.83. The molecule has 100 valence electrons. The first kappa shape index (κ1) is 13.5. The van der Waals surface area contributed by atoms with Crippen molar-refractivity contribution in [2.45, 2.75) is 25.6 Å². The lowest BCUT2D eigenvalue weighted by atomic mass is 10.1. The molecule has 3 nitrogen and oxygen atoms in total. The third-order valence-corrected chi connectivity index (χ3v) is 3.91. The van der Waals surface area contributed by atoms with Gasteiger partial charge in [0.1, 0.15) is 0 Å². The van der Waals surface area contributed by atoms with Crippen LogP contribution < -0.4 is 5.32 Å². The smallest absolute Gasteiger partial charge is 0.0345 e. The molecular weight excluding hydrogens is 222 g/mol. The van der Waals surface area contributed by atoms with Gasteiger partial charge >= 0.3 is 0 Å². The fourth-order valence-electron chi connectivity index (χ4n) is 2.77. The molecule has 2 atom stereocenters. The van der Waals surface area contributed by atoms with Crippen LogP contribution in [0.5, 0.6) is 0 Å². The van der Waals surface area contributed by atoms with Gasteiger partial charge in [0.15, 0.2) is 0 Å². The minimum atomic E-state index is 0.620. The largest absolute Gasteiger partial charge is 0.318 e. The first-order valence-electron chi connectivity index (χ1n) is 6.83. The topological polar surface area (TPSA) is 18.5 Å². The second-order valence-electron chi connectivity index (χ2n) is 5.42. The molecule has 1 aromatic carbocycles. The van der Waals surface area contributed by atoms with E-state index in [0.29, 0.717) is 12.1 Å². The quantitative estimate of drug-likeness (QED) is 0.868. The van der Waals surface area contributed by atoms with Crippen LogP contribution in [0, 0.1) is 0 Å². The second-order valence-corrected chi connectivity index (χ2v) is 5.42. The Kier molecular flexibility index (Phi) is 4.75. The van der Waals surface area contributed by atoms with Crippen LogP contribution in [0.15, 0.2) is 30.3 Å². The lowest BCUT2D eigenvalue weighted by molar-refractivity contribution is 0.0477. The lowest BCUT2D eigenvalue weighted by Crippen LogP contribution is -2.58. The van der Waals surface area contributed by atoms with E-state index >= 15 is 0 Å². The Morgan fingerprint density at radius 2 is 1.94 bits per heavy atom. The van der Waals surface area contributed by atoms with Gasteiger partial charge < -0.3 is 5.32 Å². The van der Waals surface area contributed by atoms with Gasteiger partial charge in [0.25, 0.3) is 0 Å². The van der Waals surface area contributed by atoms with Crippen molar-refractivity contribution in [2.24, 2.45) is 0 Å². The number of hydrogen-bond donors (Lipinski definition) is 1. The summed E-state index contributed by atoms with van der Waals surface area (Å²) in [4.78, 5) is 5.07. The highest BCUT2D eigenvalue weighted by molar-refractivity contribution is 5.14.